The number of hydrogen-bond donors (Lipinski definition) is 1. The molecule has 0 aliphatic carbocycles. The van der Waals surface area contributed by atoms with E-state index in [0.717, 1.165) is 44.8 Å². The largest absolute Gasteiger partial charge is 0.396 e. The van der Waals surface area contributed by atoms with E-state index >= 15 is 0 Å². The van der Waals surface area contributed by atoms with E-state index in [4.69, 9.17) is 5.10 Å². The summed E-state index contributed by atoms with van der Waals surface area (Å²) in [6, 6.07) is 11.4. The Hall–Kier alpha value is -1.69. The molecule has 1 N–H and O–H groups in total. The summed E-state index contributed by atoms with van der Waals surface area (Å²) < 4.78 is 2.14. The van der Waals surface area contributed by atoms with Crippen LogP contribution in [0.5, 0.6) is 0 Å². The van der Waals surface area contributed by atoms with Crippen LogP contribution in [0.2, 0.25) is 0 Å². The Bertz CT molecular complexity index is 725. The van der Waals surface area contributed by atoms with Crippen molar-refractivity contribution in [3.05, 3.63) is 52.8 Å². The molecule has 5 nitrogen and oxygen atoms in total. The van der Waals surface area contributed by atoms with Gasteiger partial charge in [-0.2, -0.15) is 5.10 Å². The number of aromatic nitrogens is 2. The summed E-state index contributed by atoms with van der Waals surface area (Å²) in [5, 5.41) is 14.3. The Labute approximate surface area is 163 Å². The number of aryl methyl sites for hydroxylation is 1. The van der Waals surface area contributed by atoms with Crippen molar-refractivity contribution in [2.24, 2.45) is 0 Å². The van der Waals surface area contributed by atoms with Crippen LogP contribution >= 0.6 is 0 Å². The highest BCUT2D eigenvalue weighted by molar-refractivity contribution is 5.25. The topological polar surface area (TPSA) is 44.5 Å². The van der Waals surface area contributed by atoms with Crippen LogP contribution in [0.1, 0.15) is 48.8 Å². The van der Waals surface area contributed by atoms with Crippen LogP contribution in [-0.4, -0.2) is 57.0 Å². The number of aliphatic hydroxyl groups excluding tert-OH is 1. The molecule has 1 aromatic heterocycles. The van der Waals surface area contributed by atoms with Crippen LogP contribution in [0.4, 0.5) is 0 Å². The first-order valence-electron chi connectivity index (χ1n) is 10.1. The highest BCUT2D eigenvalue weighted by Crippen LogP contribution is 2.22. The van der Waals surface area contributed by atoms with Crippen molar-refractivity contribution in [3.63, 3.8) is 0 Å². The van der Waals surface area contributed by atoms with E-state index in [1.54, 1.807) is 0 Å². The molecular formula is C22H34N4O. The second kappa shape index (κ2) is 9.00. The standard InChI is InChI=1S/C22H34N4O/c1-17(2)26-19(4)22(18(3)23-26)16-24-11-12-25(21(15-24)10-13-27)14-20-8-6-5-7-9-20/h5-9,17,21,27H,10-16H2,1-4H3/t21-/m0/s1. The van der Waals surface area contributed by atoms with Gasteiger partial charge in [-0.25, -0.2) is 0 Å². The summed E-state index contributed by atoms with van der Waals surface area (Å²) in [6.45, 7) is 13.9. The summed E-state index contributed by atoms with van der Waals surface area (Å²) in [5.74, 6) is 0. The first-order valence-corrected chi connectivity index (χ1v) is 10.1. The van der Waals surface area contributed by atoms with Crippen molar-refractivity contribution in [1.29, 1.82) is 0 Å². The van der Waals surface area contributed by atoms with E-state index in [9.17, 15) is 5.11 Å². The predicted octanol–water partition coefficient (Wildman–Crippen LogP) is 3.15. The summed E-state index contributed by atoms with van der Waals surface area (Å²) in [7, 11) is 0. The van der Waals surface area contributed by atoms with Gasteiger partial charge < -0.3 is 5.11 Å². The fourth-order valence-corrected chi connectivity index (χ4v) is 4.20. The van der Waals surface area contributed by atoms with Gasteiger partial charge in [0.15, 0.2) is 0 Å². The van der Waals surface area contributed by atoms with E-state index < -0.39 is 0 Å². The SMILES string of the molecule is Cc1nn(C(C)C)c(C)c1CN1CCN(Cc2ccccc2)[C@@H](CCO)C1. The minimum absolute atomic E-state index is 0.243. The molecule has 0 bridgehead atoms. The molecule has 0 spiro atoms. The third kappa shape index (κ3) is 4.78. The molecule has 1 aromatic carbocycles. The average Bonchev–Trinajstić information content (AvgIpc) is 2.93. The Balaban J connectivity index is 1.68. The number of nitrogens with zero attached hydrogens (tertiary/aromatic N) is 4. The van der Waals surface area contributed by atoms with E-state index in [1.807, 2.05) is 0 Å². The van der Waals surface area contributed by atoms with Gasteiger partial charge in [-0.15, -0.1) is 0 Å². The van der Waals surface area contributed by atoms with Gasteiger partial charge in [0, 0.05) is 62.7 Å². The van der Waals surface area contributed by atoms with E-state index in [-0.39, 0.29) is 6.61 Å². The molecule has 1 fully saturated rings. The van der Waals surface area contributed by atoms with Gasteiger partial charge in [-0.3, -0.25) is 14.5 Å². The van der Waals surface area contributed by atoms with Gasteiger partial charge in [0.1, 0.15) is 0 Å². The molecule has 0 saturated carbocycles. The maximum atomic E-state index is 9.57. The van der Waals surface area contributed by atoms with Crippen molar-refractivity contribution in [2.75, 3.05) is 26.2 Å². The van der Waals surface area contributed by atoms with E-state index in [1.165, 1.54) is 16.8 Å². The Kier molecular flexibility index (Phi) is 6.68. The second-order valence-corrected chi connectivity index (χ2v) is 8.04. The lowest BCUT2D eigenvalue weighted by Crippen LogP contribution is -2.52. The summed E-state index contributed by atoms with van der Waals surface area (Å²) in [6.07, 6.45) is 0.826. The normalized spacial score (nSPS) is 19.1. The molecular weight excluding hydrogens is 336 g/mol. The fourth-order valence-electron chi connectivity index (χ4n) is 4.20. The molecule has 1 saturated heterocycles. The average molecular weight is 371 g/mol. The molecule has 148 valence electrons. The number of benzene rings is 1. The Morgan fingerprint density at radius 1 is 1.11 bits per heavy atom. The molecule has 0 amide bonds. The maximum Gasteiger partial charge on any atom is 0.0641 e. The van der Waals surface area contributed by atoms with Crippen molar-refractivity contribution in [2.45, 2.75) is 59.3 Å². The van der Waals surface area contributed by atoms with Gasteiger partial charge in [-0.05, 0) is 39.7 Å². The predicted molar refractivity (Wildman–Crippen MR) is 110 cm³/mol. The highest BCUT2D eigenvalue weighted by atomic mass is 16.3. The molecule has 27 heavy (non-hydrogen) atoms. The Morgan fingerprint density at radius 2 is 1.85 bits per heavy atom. The summed E-state index contributed by atoms with van der Waals surface area (Å²) in [4.78, 5) is 5.06. The molecule has 5 heteroatoms. The minimum atomic E-state index is 0.243. The number of hydrogen-bond acceptors (Lipinski definition) is 4. The number of aliphatic hydroxyl groups is 1. The molecule has 1 aliphatic heterocycles. The lowest BCUT2D eigenvalue weighted by atomic mass is 10.1. The van der Waals surface area contributed by atoms with Gasteiger partial charge >= 0.3 is 0 Å². The monoisotopic (exact) mass is 370 g/mol. The first-order chi connectivity index (χ1) is 13.0. The van der Waals surface area contributed by atoms with Gasteiger partial charge in [0.2, 0.25) is 0 Å². The van der Waals surface area contributed by atoms with Crippen LogP contribution in [0, 0.1) is 13.8 Å². The van der Waals surface area contributed by atoms with Crippen molar-refractivity contribution < 1.29 is 5.11 Å². The smallest absolute Gasteiger partial charge is 0.0641 e. The van der Waals surface area contributed by atoms with Crippen LogP contribution in [0.15, 0.2) is 30.3 Å². The van der Waals surface area contributed by atoms with Crippen LogP contribution < -0.4 is 0 Å². The second-order valence-electron chi connectivity index (χ2n) is 8.04. The molecule has 0 radical (unpaired) electrons. The maximum absolute atomic E-state index is 9.57. The molecule has 1 aliphatic rings. The van der Waals surface area contributed by atoms with Crippen molar-refractivity contribution >= 4 is 0 Å². The van der Waals surface area contributed by atoms with Crippen molar-refractivity contribution in [3.8, 4) is 0 Å². The van der Waals surface area contributed by atoms with Crippen LogP contribution in [0.25, 0.3) is 0 Å². The third-order valence-electron chi connectivity index (χ3n) is 5.73. The van der Waals surface area contributed by atoms with Gasteiger partial charge in [-0.1, -0.05) is 30.3 Å². The minimum Gasteiger partial charge on any atom is -0.396 e. The van der Waals surface area contributed by atoms with Gasteiger partial charge in [0.05, 0.1) is 5.69 Å². The third-order valence-corrected chi connectivity index (χ3v) is 5.73. The fraction of sp³-hybridized carbons (Fsp3) is 0.591. The zero-order valence-corrected chi connectivity index (χ0v) is 17.2. The van der Waals surface area contributed by atoms with Gasteiger partial charge in [0.25, 0.3) is 0 Å². The number of piperazine rings is 1. The van der Waals surface area contributed by atoms with Crippen molar-refractivity contribution in [1.82, 2.24) is 19.6 Å². The summed E-state index contributed by atoms with van der Waals surface area (Å²) in [5.41, 5.74) is 5.14. The zero-order chi connectivity index (χ0) is 19.4. The highest BCUT2D eigenvalue weighted by Gasteiger charge is 2.28. The first kappa shape index (κ1) is 20.1. The molecule has 0 unspecified atom stereocenters. The Morgan fingerprint density at radius 3 is 2.48 bits per heavy atom. The molecule has 1 atom stereocenters. The van der Waals surface area contributed by atoms with Crippen LogP contribution in [0.3, 0.4) is 0 Å². The zero-order valence-electron chi connectivity index (χ0n) is 17.2. The van der Waals surface area contributed by atoms with Crippen LogP contribution in [-0.2, 0) is 13.1 Å². The van der Waals surface area contributed by atoms with E-state index in [2.05, 4.69) is 72.5 Å². The summed E-state index contributed by atoms with van der Waals surface area (Å²) >= 11 is 0. The lowest BCUT2D eigenvalue weighted by Gasteiger charge is -2.41. The quantitative estimate of drug-likeness (QED) is 0.813. The molecule has 3 rings (SSSR count). The number of rotatable bonds is 7. The lowest BCUT2D eigenvalue weighted by molar-refractivity contribution is 0.0498. The molecule has 2 aromatic rings. The van der Waals surface area contributed by atoms with E-state index in [0.29, 0.717) is 12.1 Å². The molecule has 2 heterocycles.